The lowest BCUT2D eigenvalue weighted by molar-refractivity contribution is -0.141. The third kappa shape index (κ3) is 5.48. The Bertz CT molecular complexity index is 1550. The molecular formula is C31H27NO5. The van der Waals surface area contributed by atoms with Crippen molar-refractivity contribution in [1.82, 2.24) is 4.57 Å². The van der Waals surface area contributed by atoms with Gasteiger partial charge in [0.05, 0.1) is 25.8 Å². The van der Waals surface area contributed by atoms with Crippen LogP contribution in [0.5, 0.6) is 11.5 Å². The molecule has 6 heteroatoms. The minimum Gasteiger partial charge on any atom is -0.493 e. The van der Waals surface area contributed by atoms with Crippen LogP contribution in [0.15, 0.2) is 97.2 Å². The molecular weight excluding hydrogens is 466 g/mol. The Morgan fingerprint density at radius 2 is 1.54 bits per heavy atom. The fraction of sp³-hybridized carbons (Fsp3) is 0.161. The van der Waals surface area contributed by atoms with Gasteiger partial charge < -0.3 is 18.8 Å². The van der Waals surface area contributed by atoms with Crippen LogP contribution in [0, 0.1) is 0 Å². The van der Waals surface area contributed by atoms with Crippen LogP contribution in [0.4, 0.5) is 0 Å². The summed E-state index contributed by atoms with van der Waals surface area (Å²) in [6.45, 7) is 1.17. The number of hydrogen-bond donors (Lipinski definition) is 0. The maximum absolute atomic E-state index is 12.7. The molecule has 0 atom stereocenters. The number of methoxy groups -OCH3 is 1. The maximum Gasteiger partial charge on any atom is 0.325 e. The van der Waals surface area contributed by atoms with E-state index in [1.165, 1.54) is 7.11 Å². The fourth-order valence-corrected chi connectivity index (χ4v) is 4.30. The molecule has 0 amide bonds. The first kappa shape index (κ1) is 24.1. The zero-order valence-corrected chi connectivity index (χ0v) is 20.6. The van der Waals surface area contributed by atoms with Crippen molar-refractivity contribution in [2.75, 3.05) is 20.3 Å². The van der Waals surface area contributed by atoms with Crippen molar-refractivity contribution >= 4 is 33.4 Å². The van der Waals surface area contributed by atoms with Gasteiger partial charge in [0, 0.05) is 29.1 Å². The highest BCUT2D eigenvalue weighted by Crippen LogP contribution is 2.27. The summed E-state index contributed by atoms with van der Waals surface area (Å²) in [5.74, 6) is 1.26. The molecule has 0 aliphatic carbocycles. The van der Waals surface area contributed by atoms with Gasteiger partial charge in [-0.05, 0) is 47.2 Å². The first-order valence-electron chi connectivity index (χ1n) is 12.2. The largest absolute Gasteiger partial charge is 0.493 e. The van der Waals surface area contributed by atoms with E-state index in [9.17, 15) is 9.59 Å². The molecule has 4 aromatic carbocycles. The molecule has 0 saturated heterocycles. The monoisotopic (exact) mass is 493 g/mol. The second kappa shape index (κ2) is 11.0. The second-order valence-corrected chi connectivity index (χ2v) is 8.68. The molecule has 1 aromatic heterocycles. The molecule has 186 valence electrons. The summed E-state index contributed by atoms with van der Waals surface area (Å²) in [6.07, 6.45) is 2.57. The van der Waals surface area contributed by atoms with Crippen molar-refractivity contribution in [2.45, 2.75) is 13.0 Å². The normalized spacial score (nSPS) is 10.9. The standard InChI is InChI=1S/C31H27NO5/c1-35-30(33)21-32-16-15-27-28(32)9-5-10-29(27)37-18-6-17-36-26-14-13-23-19-25(12-11-24(23)20-26)31(34)22-7-3-2-4-8-22/h2-5,7-16,19-20H,6,17-18,21H2,1H3. The number of ether oxygens (including phenoxy) is 3. The Morgan fingerprint density at radius 3 is 2.38 bits per heavy atom. The molecule has 0 bridgehead atoms. The smallest absolute Gasteiger partial charge is 0.325 e. The predicted octanol–water partition coefficient (Wildman–Crippen LogP) is 6.05. The summed E-state index contributed by atoms with van der Waals surface area (Å²) < 4.78 is 18.6. The summed E-state index contributed by atoms with van der Waals surface area (Å²) in [5.41, 5.74) is 2.27. The SMILES string of the molecule is COC(=O)Cn1ccc2c(OCCCOc3ccc4cc(C(=O)c5ccccc5)ccc4c3)cccc21. The summed E-state index contributed by atoms with van der Waals surface area (Å²) >= 11 is 0. The van der Waals surface area contributed by atoms with Crippen LogP contribution in [-0.4, -0.2) is 36.6 Å². The van der Waals surface area contributed by atoms with Crippen molar-refractivity contribution in [1.29, 1.82) is 0 Å². The number of carbonyl (C=O) groups is 2. The molecule has 37 heavy (non-hydrogen) atoms. The van der Waals surface area contributed by atoms with Crippen LogP contribution in [0.1, 0.15) is 22.3 Å². The molecule has 0 aliphatic rings. The fourth-order valence-electron chi connectivity index (χ4n) is 4.30. The lowest BCUT2D eigenvalue weighted by Crippen LogP contribution is -2.10. The average molecular weight is 494 g/mol. The van der Waals surface area contributed by atoms with Crippen LogP contribution in [0.25, 0.3) is 21.7 Å². The van der Waals surface area contributed by atoms with Crippen molar-refractivity contribution < 1.29 is 23.8 Å². The first-order chi connectivity index (χ1) is 18.1. The molecule has 0 spiro atoms. The molecule has 0 fully saturated rings. The van der Waals surface area contributed by atoms with Gasteiger partial charge in [-0.1, -0.05) is 54.6 Å². The van der Waals surface area contributed by atoms with E-state index in [-0.39, 0.29) is 18.3 Å². The van der Waals surface area contributed by atoms with E-state index >= 15 is 0 Å². The minimum absolute atomic E-state index is 0.0125. The van der Waals surface area contributed by atoms with Crippen molar-refractivity contribution in [3.63, 3.8) is 0 Å². The van der Waals surface area contributed by atoms with E-state index in [1.54, 1.807) is 0 Å². The van der Waals surface area contributed by atoms with Crippen molar-refractivity contribution in [2.24, 2.45) is 0 Å². The molecule has 0 unspecified atom stereocenters. The van der Waals surface area contributed by atoms with E-state index in [2.05, 4.69) is 0 Å². The molecule has 6 nitrogen and oxygen atoms in total. The zero-order valence-electron chi connectivity index (χ0n) is 20.6. The number of hydrogen-bond acceptors (Lipinski definition) is 5. The molecule has 0 saturated carbocycles. The number of carbonyl (C=O) groups excluding carboxylic acids is 2. The van der Waals surface area contributed by atoms with Gasteiger partial charge in [-0.25, -0.2) is 0 Å². The van der Waals surface area contributed by atoms with Gasteiger partial charge in [-0.3, -0.25) is 9.59 Å². The van der Waals surface area contributed by atoms with Gasteiger partial charge in [0.1, 0.15) is 18.0 Å². The number of aromatic nitrogens is 1. The number of benzene rings is 4. The molecule has 0 N–H and O–H groups in total. The van der Waals surface area contributed by atoms with Crippen molar-refractivity contribution in [3.05, 3.63) is 108 Å². The summed E-state index contributed by atoms with van der Waals surface area (Å²) in [4.78, 5) is 24.4. The minimum atomic E-state index is -0.296. The molecule has 5 rings (SSSR count). The molecule has 0 radical (unpaired) electrons. The highest BCUT2D eigenvalue weighted by Gasteiger charge is 2.11. The predicted molar refractivity (Wildman–Crippen MR) is 143 cm³/mol. The Labute approximate surface area is 215 Å². The van der Waals surface area contributed by atoms with Gasteiger partial charge in [0.2, 0.25) is 0 Å². The number of esters is 1. The van der Waals surface area contributed by atoms with E-state index < -0.39 is 0 Å². The van der Waals surface area contributed by atoms with Gasteiger partial charge in [-0.15, -0.1) is 0 Å². The number of rotatable bonds is 10. The van der Waals surface area contributed by atoms with Crippen LogP contribution < -0.4 is 9.47 Å². The molecule has 1 heterocycles. The summed E-state index contributed by atoms with van der Waals surface area (Å²) in [7, 11) is 1.38. The van der Waals surface area contributed by atoms with Gasteiger partial charge in [0.15, 0.2) is 5.78 Å². The topological polar surface area (TPSA) is 66.8 Å². The van der Waals surface area contributed by atoms with E-state index in [0.717, 1.165) is 33.2 Å². The van der Waals surface area contributed by atoms with Gasteiger partial charge in [0.25, 0.3) is 0 Å². The summed E-state index contributed by atoms with van der Waals surface area (Å²) in [5, 5.41) is 2.96. The Hall–Kier alpha value is -4.58. The Kier molecular flexibility index (Phi) is 7.17. The van der Waals surface area contributed by atoms with Crippen molar-refractivity contribution in [3.8, 4) is 11.5 Å². The zero-order chi connectivity index (χ0) is 25.6. The quantitative estimate of drug-likeness (QED) is 0.135. The third-order valence-corrected chi connectivity index (χ3v) is 6.23. The average Bonchev–Trinajstić information content (AvgIpc) is 3.35. The van der Waals surface area contributed by atoms with Gasteiger partial charge >= 0.3 is 5.97 Å². The van der Waals surface area contributed by atoms with E-state index in [0.29, 0.717) is 30.8 Å². The van der Waals surface area contributed by atoms with E-state index in [1.807, 2.05) is 102 Å². The van der Waals surface area contributed by atoms with Crippen LogP contribution in [-0.2, 0) is 16.1 Å². The highest BCUT2D eigenvalue weighted by atomic mass is 16.5. The third-order valence-electron chi connectivity index (χ3n) is 6.23. The highest BCUT2D eigenvalue weighted by molar-refractivity contribution is 6.10. The summed E-state index contributed by atoms with van der Waals surface area (Å²) in [6, 6.07) is 28.6. The number of ketones is 1. The Morgan fingerprint density at radius 1 is 0.757 bits per heavy atom. The first-order valence-corrected chi connectivity index (χ1v) is 12.2. The second-order valence-electron chi connectivity index (χ2n) is 8.68. The maximum atomic E-state index is 12.7. The number of nitrogens with zero attached hydrogens (tertiary/aromatic N) is 1. The van der Waals surface area contributed by atoms with Crippen LogP contribution >= 0.6 is 0 Å². The number of fused-ring (bicyclic) bond motifs is 2. The molecule has 0 aliphatic heterocycles. The van der Waals surface area contributed by atoms with Crippen LogP contribution in [0.3, 0.4) is 0 Å². The van der Waals surface area contributed by atoms with Gasteiger partial charge in [-0.2, -0.15) is 0 Å². The van der Waals surface area contributed by atoms with E-state index in [4.69, 9.17) is 14.2 Å². The molecule has 5 aromatic rings. The lowest BCUT2D eigenvalue weighted by Gasteiger charge is -2.10. The van der Waals surface area contributed by atoms with Crippen LogP contribution in [0.2, 0.25) is 0 Å². The lowest BCUT2D eigenvalue weighted by atomic mass is 10.00. The Balaban J connectivity index is 1.16.